The summed E-state index contributed by atoms with van der Waals surface area (Å²) in [4.78, 5) is 48.3. The van der Waals surface area contributed by atoms with Crippen molar-refractivity contribution >= 4 is 23.5 Å². The highest BCUT2D eigenvalue weighted by Crippen LogP contribution is 2.39. The molecule has 1 fully saturated rings. The van der Waals surface area contributed by atoms with Gasteiger partial charge in [0.15, 0.2) is 11.6 Å². The Kier molecular flexibility index (Phi) is 4.06. The van der Waals surface area contributed by atoms with Crippen LogP contribution in [0.15, 0.2) is 36.6 Å². The summed E-state index contributed by atoms with van der Waals surface area (Å²) in [6, 6.07) is 2.19. The molecule has 152 valence electrons. The van der Waals surface area contributed by atoms with Crippen molar-refractivity contribution in [3.8, 4) is 0 Å². The van der Waals surface area contributed by atoms with Crippen molar-refractivity contribution in [2.24, 2.45) is 5.92 Å². The number of nitrogens with zero attached hydrogens (tertiary/aromatic N) is 6. The number of carbonyl (C=O) groups excluding carboxylic acids is 2. The maximum atomic E-state index is 13.4. The molecule has 30 heavy (non-hydrogen) atoms. The Hall–Kier alpha value is -3.42. The Bertz CT molecular complexity index is 1100. The van der Waals surface area contributed by atoms with Gasteiger partial charge < -0.3 is 9.80 Å². The molecule has 0 radical (unpaired) electrons. The van der Waals surface area contributed by atoms with E-state index >= 15 is 0 Å². The van der Waals surface area contributed by atoms with Crippen molar-refractivity contribution in [2.75, 3.05) is 9.80 Å². The van der Waals surface area contributed by atoms with Crippen molar-refractivity contribution in [3.63, 3.8) is 0 Å². The minimum Gasteiger partial charge on any atom is -0.320 e. The van der Waals surface area contributed by atoms with Gasteiger partial charge in [-0.25, -0.2) is 19.9 Å². The number of aromatic nitrogens is 4. The summed E-state index contributed by atoms with van der Waals surface area (Å²) in [6.45, 7) is 7.61. The zero-order valence-corrected chi connectivity index (χ0v) is 17.3. The summed E-state index contributed by atoms with van der Waals surface area (Å²) in [6.07, 6.45) is 7.00. The second-order valence-corrected chi connectivity index (χ2v) is 8.13. The van der Waals surface area contributed by atoms with Crippen LogP contribution in [0.5, 0.6) is 0 Å². The van der Waals surface area contributed by atoms with Crippen LogP contribution in [0.25, 0.3) is 0 Å². The fourth-order valence-corrected chi connectivity index (χ4v) is 4.71. The number of ketones is 2. The zero-order chi connectivity index (χ0) is 21.2. The van der Waals surface area contributed by atoms with E-state index in [1.54, 1.807) is 18.2 Å². The number of rotatable bonds is 2. The smallest absolute Gasteiger partial charge is 0.230 e. The zero-order valence-electron chi connectivity index (χ0n) is 17.3. The summed E-state index contributed by atoms with van der Waals surface area (Å²) < 4.78 is 0. The maximum absolute atomic E-state index is 13.4. The summed E-state index contributed by atoms with van der Waals surface area (Å²) in [5.41, 5.74) is 3.30. The highest BCUT2D eigenvalue weighted by Gasteiger charge is 2.55. The number of piperidine rings is 1. The number of hydrogen-bond acceptors (Lipinski definition) is 8. The van der Waals surface area contributed by atoms with Gasteiger partial charge in [-0.15, -0.1) is 0 Å². The molecule has 2 aromatic heterocycles. The van der Waals surface area contributed by atoms with Gasteiger partial charge in [0.05, 0.1) is 12.0 Å². The molecule has 4 bridgehead atoms. The predicted molar refractivity (Wildman–Crippen MR) is 111 cm³/mol. The van der Waals surface area contributed by atoms with Gasteiger partial charge in [-0.05, 0) is 45.9 Å². The second kappa shape index (κ2) is 6.55. The summed E-state index contributed by atoms with van der Waals surface area (Å²) in [5, 5.41) is 0. The van der Waals surface area contributed by atoms with Gasteiger partial charge in [0, 0.05) is 29.0 Å². The lowest BCUT2D eigenvalue weighted by Crippen LogP contribution is -2.70. The van der Waals surface area contributed by atoms with Gasteiger partial charge in [0.2, 0.25) is 11.9 Å². The highest BCUT2D eigenvalue weighted by molar-refractivity contribution is 6.08. The van der Waals surface area contributed by atoms with E-state index in [4.69, 9.17) is 0 Å². The number of fused-ring (bicyclic) bond motifs is 6. The number of Topliss-reactive ketones (excluding diaryl/α,β-unsaturated/α-hetero) is 1. The Morgan fingerprint density at radius 2 is 1.33 bits per heavy atom. The van der Waals surface area contributed by atoms with Gasteiger partial charge in [-0.1, -0.05) is 12.2 Å². The fraction of sp³-hybridized carbons (Fsp3) is 0.364. The van der Waals surface area contributed by atoms with Crippen LogP contribution in [0.1, 0.15) is 22.8 Å². The Morgan fingerprint density at radius 3 is 1.93 bits per heavy atom. The standard InChI is InChI=1S/C22H22N6O2/c1-11-9-12(2)24-21(23-11)27-8-7-15-18-17(29)6-5-16(19(27)20(15)30)28(18)22-25-13(3)10-14(4)26-22/h5-10,15-16,18-19H,1-4H3. The molecule has 0 N–H and O–H groups in total. The summed E-state index contributed by atoms with van der Waals surface area (Å²) >= 11 is 0. The van der Waals surface area contributed by atoms with Crippen molar-refractivity contribution in [2.45, 2.75) is 45.8 Å². The summed E-state index contributed by atoms with van der Waals surface area (Å²) in [7, 11) is 0. The van der Waals surface area contributed by atoms with Crippen LogP contribution in [-0.2, 0) is 9.59 Å². The van der Waals surface area contributed by atoms with Gasteiger partial charge in [0.1, 0.15) is 12.1 Å². The highest BCUT2D eigenvalue weighted by atomic mass is 16.1. The Morgan fingerprint density at radius 1 is 0.767 bits per heavy atom. The Balaban J connectivity index is 1.67. The van der Waals surface area contributed by atoms with Gasteiger partial charge >= 0.3 is 0 Å². The molecule has 1 saturated heterocycles. The van der Waals surface area contributed by atoms with Crippen molar-refractivity contribution in [1.29, 1.82) is 0 Å². The molecule has 8 heteroatoms. The van der Waals surface area contributed by atoms with E-state index in [0.717, 1.165) is 22.8 Å². The van der Waals surface area contributed by atoms with E-state index in [1.165, 1.54) is 0 Å². The van der Waals surface area contributed by atoms with Crippen molar-refractivity contribution < 1.29 is 9.59 Å². The third-order valence-electron chi connectivity index (χ3n) is 5.81. The number of hydrogen-bond donors (Lipinski definition) is 0. The van der Waals surface area contributed by atoms with Crippen molar-refractivity contribution in [1.82, 2.24) is 19.9 Å². The Labute approximate surface area is 174 Å². The first-order valence-corrected chi connectivity index (χ1v) is 9.99. The molecule has 0 amide bonds. The van der Waals surface area contributed by atoms with E-state index < -0.39 is 24.0 Å². The normalized spacial score (nSPS) is 27.1. The van der Waals surface area contributed by atoms with Crippen LogP contribution >= 0.6 is 0 Å². The number of anilines is 2. The molecule has 3 aliphatic rings. The maximum Gasteiger partial charge on any atom is 0.230 e. The molecule has 4 unspecified atom stereocenters. The van der Waals surface area contributed by atoms with Crippen LogP contribution in [0.3, 0.4) is 0 Å². The van der Waals surface area contributed by atoms with Crippen LogP contribution in [0.4, 0.5) is 11.9 Å². The molecule has 8 nitrogen and oxygen atoms in total. The average molecular weight is 402 g/mol. The van der Waals surface area contributed by atoms with Crippen LogP contribution < -0.4 is 9.80 Å². The van der Waals surface area contributed by atoms with Gasteiger partial charge in [0.25, 0.3) is 0 Å². The number of carbonyl (C=O) groups is 2. The van der Waals surface area contributed by atoms with Crippen molar-refractivity contribution in [3.05, 3.63) is 59.3 Å². The van der Waals surface area contributed by atoms with Gasteiger partial charge in [-0.2, -0.15) is 0 Å². The van der Waals surface area contributed by atoms with E-state index in [1.807, 2.05) is 55.8 Å². The van der Waals surface area contributed by atoms with E-state index in [9.17, 15) is 9.59 Å². The molecule has 0 aromatic carbocycles. The van der Waals surface area contributed by atoms with Gasteiger partial charge in [-0.3, -0.25) is 9.59 Å². The topological polar surface area (TPSA) is 92.2 Å². The molecule has 3 aliphatic heterocycles. The lowest BCUT2D eigenvalue weighted by Gasteiger charge is -2.52. The van der Waals surface area contributed by atoms with E-state index in [2.05, 4.69) is 19.9 Å². The largest absolute Gasteiger partial charge is 0.320 e. The molecule has 5 heterocycles. The molecule has 4 atom stereocenters. The van der Waals surface area contributed by atoms with E-state index in [0.29, 0.717) is 11.9 Å². The first kappa shape index (κ1) is 18.6. The second-order valence-electron chi connectivity index (χ2n) is 8.13. The molecule has 0 aliphatic carbocycles. The average Bonchev–Trinajstić information content (AvgIpc) is 2.65. The SMILES string of the molecule is Cc1cc(C)nc(N2C=CC3C(=O)C2C2C=CC(=O)C3N2c2nc(C)cc(C)n2)n1. The van der Waals surface area contributed by atoms with Crippen LogP contribution in [-0.4, -0.2) is 49.6 Å². The third-order valence-corrected chi connectivity index (χ3v) is 5.81. The molecule has 5 rings (SSSR count). The molecular weight excluding hydrogens is 380 g/mol. The lowest BCUT2D eigenvalue weighted by molar-refractivity contribution is -0.130. The fourth-order valence-electron chi connectivity index (χ4n) is 4.71. The quantitative estimate of drug-likeness (QED) is 0.751. The summed E-state index contributed by atoms with van der Waals surface area (Å²) in [5.74, 6) is 0.278. The molecule has 2 aromatic rings. The molecule has 0 spiro atoms. The molecular formula is C22H22N6O2. The minimum absolute atomic E-state index is 0.00594. The molecule has 0 saturated carbocycles. The monoisotopic (exact) mass is 402 g/mol. The third kappa shape index (κ3) is 2.74. The minimum atomic E-state index is -0.636. The van der Waals surface area contributed by atoms with Crippen LogP contribution in [0.2, 0.25) is 0 Å². The first-order valence-electron chi connectivity index (χ1n) is 9.99. The number of aryl methyl sites for hydroxylation is 4. The first-order chi connectivity index (χ1) is 14.3. The van der Waals surface area contributed by atoms with Crippen LogP contribution in [0, 0.1) is 33.6 Å². The van der Waals surface area contributed by atoms with E-state index in [-0.39, 0.29) is 11.6 Å². The predicted octanol–water partition coefficient (Wildman–Crippen LogP) is 1.78. The lowest BCUT2D eigenvalue weighted by atomic mass is 9.74.